The number of carbonyl (C=O) groups excluding carboxylic acids is 1. The monoisotopic (exact) mass is 304 g/mol. The van der Waals surface area contributed by atoms with Crippen molar-refractivity contribution in [1.82, 2.24) is 4.90 Å². The highest BCUT2D eigenvalue weighted by Crippen LogP contribution is 2.31. The molecule has 1 saturated carbocycles. The van der Waals surface area contributed by atoms with Crippen LogP contribution in [0.3, 0.4) is 0 Å². The number of benzene rings is 2. The van der Waals surface area contributed by atoms with Crippen molar-refractivity contribution in [3.8, 4) is 0 Å². The first kappa shape index (κ1) is 15.8. The molecule has 0 aliphatic heterocycles. The molecule has 0 radical (unpaired) electrons. The van der Waals surface area contributed by atoms with Crippen LogP contribution in [-0.4, -0.2) is 23.4 Å². The average Bonchev–Trinajstić information content (AvgIpc) is 2.43. The fourth-order valence-electron chi connectivity index (χ4n) is 2.83. The van der Waals surface area contributed by atoms with Crippen LogP contribution in [-0.2, 0) is 11.3 Å². The van der Waals surface area contributed by atoms with E-state index in [2.05, 4.69) is 30.3 Å². The van der Waals surface area contributed by atoms with E-state index >= 15 is 0 Å². The number of rotatable bonds is 3. The largest absolute Gasteiger partial charge is 0.340 e. The van der Waals surface area contributed by atoms with Crippen molar-refractivity contribution in [3.05, 3.63) is 48.0 Å². The van der Waals surface area contributed by atoms with Crippen LogP contribution in [0, 0.1) is 0 Å². The first-order chi connectivity index (χ1) is 9.58. The van der Waals surface area contributed by atoms with Crippen molar-refractivity contribution < 1.29 is 4.79 Å². The second-order valence-electron chi connectivity index (χ2n) is 5.85. The third-order valence-corrected chi connectivity index (χ3v) is 4.25. The summed E-state index contributed by atoms with van der Waals surface area (Å²) in [7, 11) is 1.84. The summed E-state index contributed by atoms with van der Waals surface area (Å²) < 4.78 is 0. The van der Waals surface area contributed by atoms with Crippen molar-refractivity contribution in [2.24, 2.45) is 5.73 Å². The van der Waals surface area contributed by atoms with Crippen molar-refractivity contribution in [2.45, 2.75) is 31.3 Å². The Morgan fingerprint density at radius 2 is 1.86 bits per heavy atom. The summed E-state index contributed by atoms with van der Waals surface area (Å²) in [5, 5.41) is 2.43. The van der Waals surface area contributed by atoms with Gasteiger partial charge in [0.2, 0.25) is 5.91 Å². The summed E-state index contributed by atoms with van der Waals surface area (Å²) in [6.07, 6.45) is 2.69. The van der Waals surface area contributed by atoms with E-state index in [0.717, 1.165) is 24.8 Å². The van der Waals surface area contributed by atoms with Crippen LogP contribution in [0.1, 0.15) is 24.8 Å². The zero-order valence-electron chi connectivity index (χ0n) is 12.2. The van der Waals surface area contributed by atoms with Crippen LogP contribution in [0.4, 0.5) is 0 Å². The number of hydrogen-bond donors (Lipinski definition) is 1. The van der Waals surface area contributed by atoms with E-state index in [4.69, 9.17) is 5.73 Å². The number of halogens is 1. The molecular weight excluding hydrogens is 284 g/mol. The summed E-state index contributed by atoms with van der Waals surface area (Å²) >= 11 is 0. The molecule has 2 N–H and O–H groups in total. The first-order valence-corrected chi connectivity index (χ1v) is 7.11. The molecule has 0 aromatic heterocycles. The number of likely N-dealkylation sites (N-methyl/N-ethyl adjacent to an activating group) is 1. The van der Waals surface area contributed by atoms with E-state index in [9.17, 15) is 4.79 Å². The molecule has 2 aromatic carbocycles. The van der Waals surface area contributed by atoms with E-state index < -0.39 is 5.54 Å². The van der Waals surface area contributed by atoms with Crippen LogP contribution in [0.15, 0.2) is 42.5 Å². The van der Waals surface area contributed by atoms with E-state index in [1.165, 1.54) is 10.8 Å². The number of hydrogen-bond acceptors (Lipinski definition) is 2. The van der Waals surface area contributed by atoms with E-state index in [1.54, 1.807) is 4.90 Å². The first-order valence-electron chi connectivity index (χ1n) is 7.11. The fraction of sp³-hybridized carbons (Fsp3) is 0.353. The lowest BCUT2D eigenvalue weighted by Gasteiger charge is -2.39. The predicted molar refractivity (Wildman–Crippen MR) is 88.4 cm³/mol. The maximum atomic E-state index is 12.3. The van der Waals surface area contributed by atoms with Gasteiger partial charge in [-0.05, 0) is 41.7 Å². The molecule has 0 bridgehead atoms. The van der Waals surface area contributed by atoms with Crippen LogP contribution in [0.2, 0.25) is 0 Å². The van der Waals surface area contributed by atoms with Gasteiger partial charge in [0.25, 0.3) is 0 Å². The smallest absolute Gasteiger partial charge is 0.242 e. The third-order valence-electron chi connectivity index (χ3n) is 4.25. The minimum atomic E-state index is -0.606. The molecule has 1 fully saturated rings. The molecule has 112 valence electrons. The Labute approximate surface area is 131 Å². The minimum absolute atomic E-state index is 0. The molecule has 3 nitrogen and oxygen atoms in total. The maximum Gasteiger partial charge on any atom is 0.242 e. The van der Waals surface area contributed by atoms with E-state index in [-0.39, 0.29) is 18.3 Å². The molecule has 0 spiro atoms. The van der Waals surface area contributed by atoms with Gasteiger partial charge in [0, 0.05) is 13.6 Å². The molecule has 0 heterocycles. The molecule has 0 atom stereocenters. The molecule has 1 aliphatic carbocycles. The maximum absolute atomic E-state index is 12.3. The lowest BCUT2D eigenvalue weighted by Crippen LogP contribution is -2.58. The van der Waals surface area contributed by atoms with Gasteiger partial charge >= 0.3 is 0 Å². The summed E-state index contributed by atoms with van der Waals surface area (Å²) in [5.41, 5.74) is 6.64. The number of amides is 1. The molecule has 1 amide bonds. The quantitative estimate of drug-likeness (QED) is 0.947. The fourth-order valence-corrected chi connectivity index (χ4v) is 2.83. The van der Waals surface area contributed by atoms with Gasteiger partial charge in [0.1, 0.15) is 0 Å². The molecule has 2 aromatic rings. The van der Waals surface area contributed by atoms with E-state index in [1.807, 2.05) is 19.2 Å². The molecule has 21 heavy (non-hydrogen) atoms. The predicted octanol–water partition coefficient (Wildman–Crippen LogP) is 3.10. The summed E-state index contributed by atoms with van der Waals surface area (Å²) in [5.74, 6) is 0.0666. The van der Waals surface area contributed by atoms with Gasteiger partial charge in [-0.3, -0.25) is 4.79 Å². The van der Waals surface area contributed by atoms with Crippen molar-refractivity contribution in [3.63, 3.8) is 0 Å². The molecule has 4 heteroatoms. The third kappa shape index (κ3) is 3.04. The van der Waals surface area contributed by atoms with Gasteiger partial charge in [-0.1, -0.05) is 36.4 Å². The van der Waals surface area contributed by atoms with Crippen LogP contribution in [0.5, 0.6) is 0 Å². The Kier molecular flexibility index (Phi) is 4.55. The van der Waals surface area contributed by atoms with Gasteiger partial charge in [-0.2, -0.15) is 0 Å². The Morgan fingerprint density at radius 3 is 2.48 bits per heavy atom. The second-order valence-corrected chi connectivity index (χ2v) is 5.85. The Morgan fingerprint density at radius 1 is 1.19 bits per heavy atom. The summed E-state index contributed by atoms with van der Waals surface area (Å²) in [6, 6.07) is 14.6. The molecule has 1 aliphatic rings. The van der Waals surface area contributed by atoms with Crippen LogP contribution >= 0.6 is 12.4 Å². The van der Waals surface area contributed by atoms with Gasteiger partial charge in [-0.15, -0.1) is 12.4 Å². The summed E-state index contributed by atoms with van der Waals surface area (Å²) in [6.45, 7) is 0.614. The highest BCUT2D eigenvalue weighted by molar-refractivity contribution is 5.87. The zero-order chi connectivity index (χ0) is 14.2. The van der Waals surface area contributed by atoms with Crippen molar-refractivity contribution >= 4 is 29.1 Å². The number of carbonyl (C=O) groups is 1. The average molecular weight is 305 g/mol. The van der Waals surface area contributed by atoms with Gasteiger partial charge in [-0.25, -0.2) is 0 Å². The standard InChI is InChI=1S/C17H20N2O.ClH/c1-19(16(20)17(18)9-4-10-17)12-13-7-8-14-5-2-3-6-15(14)11-13;/h2-3,5-8,11H,4,9-10,12,18H2,1H3;1H. The van der Waals surface area contributed by atoms with Gasteiger partial charge in [0.15, 0.2) is 0 Å². The Hall–Kier alpha value is -1.58. The van der Waals surface area contributed by atoms with E-state index in [0.29, 0.717) is 6.54 Å². The van der Waals surface area contributed by atoms with Gasteiger partial charge < -0.3 is 10.6 Å². The SMILES string of the molecule is CN(Cc1ccc2ccccc2c1)C(=O)C1(N)CCC1.Cl. The van der Waals surface area contributed by atoms with Crippen LogP contribution in [0.25, 0.3) is 10.8 Å². The number of nitrogens with zero attached hydrogens (tertiary/aromatic N) is 1. The number of nitrogens with two attached hydrogens (primary N) is 1. The normalized spacial score (nSPS) is 15.9. The summed E-state index contributed by atoms with van der Waals surface area (Å²) in [4.78, 5) is 14.1. The second kappa shape index (κ2) is 6.04. The van der Waals surface area contributed by atoms with Crippen LogP contribution < -0.4 is 5.73 Å². The lowest BCUT2D eigenvalue weighted by atomic mass is 9.76. The minimum Gasteiger partial charge on any atom is -0.340 e. The van der Waals surface area contributed by atoms with Crippen molar-refractivity contribution in [1.29, 1.82) is 0 Å². The van der Waals surface area contributed by atoms with Gasteiger partial charge in [0.05, 0.1) is 5.54 Å². The highest BCUT2D eigenvalue weighted by Gasteiger charge is 2.41. The highest BCUT2D eigenvalue weighted by atomic mass is 35.5. The molecule has 0 saturated heterocycles. The Bertz CT molecular complexity index is 652. The topological polar surface area (TPSA) is 46.3 Å². The zero-order valence-corrected chi connectivity index (χ0v) is 13.0. The number of fused-ring (bicyclic) bond motifs is 1. The lowest BCUT2D eigenvalue weighted by molar-refractivity contribution is -0.139. The molecule has 3 rings (SSSR count). The molecular formula is C17H21ClN2O. The van der Waals surface area contributed by atoms with Crippen molar-refractivity contribution in [2.75, 3.05) is 7.05 Å². The molecule has 0 unspecified atom stereocenters. The Balaban J connectivity index is 0.00000161.